The van der Waals surface area contributed by atoms with Crippen LogP contribution in [-0.4, -0.2) is 33.2 Å². The number of anilines is 1. The van der Waals surface area contributed by atoms with Crippen LogP contribution in [0.25, 0.3) is 0 Å². The van der Waals surface area contributed by atoms with E-state index in [2.05, 4.69) is 10.4 Å². The average molecular weight is 290 g/mol. The van der Waals surface area contributed by atoms with E-state index in [1.54, 1.807) is 21.8 Å². The van der Waals surface area contributed by atoms with E-state index >= 15 is 0 Å². The third-order valence-corrected chi connectivity index (χ3v) is 4.65. The standard InChI is InChI=1S/C15H22N4O2/c1-3-11-13(20)16-15(8-5-4-6-9-15)14(21)19(11)12-7-10-18(2)17-12/h7,10-11H,3-6,8-9H2,1-2H3,(H,16,20). The molecule has 3 rings (SSSR count). The van der Waals surface area contributed by atoms with Crippen molar-refractivity contribution < 1.29 is 9.59 Å². The molecule has 1 aromatic rings. The first-order valence-electron chi connectivity index (χ1n) is 7.73. The van der Waals surface area contributed by atoms with E-state index in [0.717, 1.165) is 32.1 Å². The fraction of sp³-hybridized carbons (Fsp3) is 0.667. The third-order valence-electron chi connectivity index (χ3n) is 4.65. The molecule has 21 heavy (non-hydrogen) atoms. The molecule has 114 valence electrons. The van der Waals surface area contributed by atoms with Gasteiger partial charge in [-0.25, -0.2) is 0 Å². The monoisotopic (exact) mass is 290 g/mol. The normalized spacial score (nSPS) is 25.2. The van der Waals surface area contributed by atoms with Gasteiger partial charge in [-0.3, -0.25) is 19.2 Å². The molecule has 1 unspecified atom stereocenters. The molecule has 1 spiro atoms. The Kier molecular flexibility index (Phi) is 3.47. The first-order valence-corrected chi connectivity index (χ1v) is 7.73. The molecule has 1 saturated carbocycles. The number of hydrogen-bond acceptors (Lipinski definition) is 3. The summed E-state index contributed by atoms with van der Waals surface area (Å²) in [6, 6.07) is 1.34. The molecule has 1 N–H and O–H groups in total. The number of carbonyl (C=O) groups is 2. The summed E-state index contributed by atoms with van der Waals surface area (Å²) in [5.74, 6) is 0.533. The van der Waals surface area contributed by atoms with Gasteiger partial charge in [0.25, 0.3) is 5.91 Å². The molecule has 1 aromatic heterocycles. The maximum atomic E-state index is 13.1. The Morgan fingerprint density at radius 2 is 2.05 bits per heavy atom. The summed E-state index contributed by atoms with van der Waals surface area (Å²) in [4.78, 5) is 27.2. The molecule has 2 amide bonds. The summed E-state index contributed by atoms with van der Waals surface area (Å²) < 4.78 is 1.66. The number of piperazine rings is 1. The average Bonchev–Trinajstić information content (AvgIpc) is 2.90. The fourth-order valence-corrected chi connectivity index (χ4v) is 3.52. The number of nitrogens with zero attached hydrogens (tertiary/aromatic N) is 3. The molecule has 6 nitrogen and oxygen atoms in total. The summed E-state index contributed by atoms with van der Waals surface area (Å²) >= 11 is 0. The Hall–Kier alpha value is -1.85. The molecule has 6 heteroatoms. The molecule has 1 saturated heterocycles. The first-order chi connectivity index (χ1) is 10.1. The first kappa shape index (κ1) is 14.1. The van der Waals surface area contributed by atoms with E-state index in [-0.39, 0.29) is 11.8 Å². The van der Waals surface area contributed by atoms with Crippen LogP contribution in [0.15, 0.2) is 12.3 Å². The van der Waals surface area contributed by atoms with Crippen LogP contribution < -0.4 is 10.2 Å². The molecule has 0 aromatic carbocycles. The summed E-state index contributed by atoms with van der Waals surface area (Å²) in [6.07, 6.45) is 6.96. The Labute approximate surface area is 124 Å². The van der Waals surface area contributed by atoms with Gasteiger partial charge in [0.1, 0.15) is 11.6 Å². The molecule has 0 radical (unpaired) electrons. The Balaban J connectivity index is 2.00. The van der Waals surface area contributed by atoms with Crippen molar-refractivity contribution in [2.75, 3.05) is 4.90 Å². The van der Waals surface area contributed by atoms with Crippen LogP contribution in [0.5, 0.6) is 0 Å². The van der Waals surface area contributed by atoms with Gasteiger partial charge in [-0.05, 0) is 19.3 Å². The van der Waals surface area contributed by atoms with E-state index in [9.17, 15) is 9.59 Å². The summed E-state index contributed by atoms with van der Waals surface area (Å²) in [5.41, 5.74) is -0.710. The lowest BCUT2D eigenvalue weighted by Gasteiger charge is -2.46. The van der Waals surface area contributed by atoms with E-state index in [1.807, 2.05) is 14.0 Å². The van der Waals surface area contributed by atoms with Gasteiger partial charge >= 0.3 is 0 Å². The molecule has 2 heterocycles. The largest absolute Gasteiger partial charge is 0.340 e. The molecule has 2 fully saturated rings. The number of hydrogen-bond donors (Lipinski definition) is 1. The maximum absolute atomic E-state index is 13.1. The van der Waals surface area contributed by atoms with Crippen molar-refractivity contribution in [2.24, 2.45) is 7.05 Å². The highest BCUT2D eigenvalue weighted by Gasteiger charge is 2.51. The molecule has 1 aliphatic carbocycles. The maximum Gasteiger partial charge on any atom is 0.254 e. The van der Waals surface area contributed by atoms with Gasteiger partial charge in [-0.15, -0.1) is 0 Å². The summed E-state index contributed by atoms with van der Waals surface area (Å²) in [6.45, 7) is 1.92. The van der Waals surface area contributed by atoms with E-state index in [0.29, 0.717) is 12.2 Å². The molecule has 2 aliphatic rings. The number of aromatic nitrogens is 2. The number of amides is 2. The topological polar surface area (TPSA) is 67.2 Å². The van der Waals surface area contributed by atoms with Gasteiger partial charge < -0.3 is 5.32 Å². The van der Waals surface area contributed by atoms with Crippen LogP contribution in [0.4, 0.5) is 5.82 Å². The summed E-state index contributed by atoms with van der Waals surface area (Å²) in [5, 5.41) is 7.36. The van der Waals surface area contributed by atoms with Gasteiger partial charge in [0.05, 0.1) is 0 Å². The second kappa shape index (κ2) is 5.16. The second-order valence-corrected chi connectivity index (χ2v) is 6.08. The highest BCUT2D eigenvalue weighted by molar-refractivity contribution is 6.10. The van der Waals surface area contributed by atoms with Crippen molar-refractivity contribution in [3.05, 3.63) is 12.3 Å². The van der Waals surface area contributed by atoms with Gasteiger partial charge in [0.15, 0.2) is 5.82 Å². The van der Waals surface area contributed by atoms with E-state index < -0.39 is 11.6 Å². The predicted octanol–water partition coefficient (Wildman–Crippen LogP) is 1.36. The van der Waals surface area contributed by atoms with Crippen LogP contribution >= 0.6 is 0 Å². The number of nitrogens with one attached hydrogen (secondary N) is 1. The van der Waals surface area contributed by atoms with Gasteiger partial charge in [-0.2, -0.15) is 5.10 Å². The zero-order valence-corrected chi connectivity index (χ0v) is 12.6. The second-order valence-electron chi connectivity index (χ2n) is 6.08. The van der Waals surface area contributed by atoms with Crippen molar-refractivity contribution >= 4 is 17.6 Å². The minimum absolute atomic E-state index is 0.00681. The van der Waals surface area contributed by atoms with Crippen molar-refractivity contribution in [3.8, 4) is 0 Å². The van der Waals surface area contributed by atoms with Gasteiger partial charge in [-0.1, -0.05) is 26.2 Å². The van der Waals surface area contributed by atoms with Crippen LogP contribution in [0.3, 0.4) is 0 Å². The molecule has 1 aliphatic heterocycles. The zero-order valence-electron chi connectivity index (χ0n) is 12.6. The van der Waals surface area contributed by atoms with Gasteiger partial charge in [0.2, 0.25) is 5.91 Å². The van der Waals surface area contributed by atoms with Crippen LogP contribution in [0, 0.1) is 0 Å². The zero-order chi connectivity index (χ0) is 15.0. The van der Waals surface area contributed by atoms with Crippen LogP contribution in [0.1, 0.15) is 45.4 Å². The molecular weight excluding hydrogens is 268 g/mol. The lowest BCUT2D eigenvalue weighted by atomic mass is 9.78. The minimum Gasteiger partial charge on any atom is -0.340 e. The third kappa shape index (κ3) is 2.22. The minimum atomic E-state index is -0.710. The summed E-state index contributed by atoms with van der Waals surface area (Å²) in [7, 11) is 1.81. The van der Waals surface area contributed by atoms with Crippen molar-refractivity contribution in [1.82, 2.24) is 15.1 Å². The fourth-order valence-electron chi connectivity index (χ4n) is 3.52. The number of rotatable bonds is 2. The van der Waals surface area contributed by atoms with Crippen molar-refractivity contribution in [2.45, 2.75) is 57.0 Å². The number of carbonyl (C=O) groups excluding carboxylic acids is 2. The highest BCUT2D eigenvalue weighted by Crippen LogP contribution is 2.35. The van der Waals surface area contributed by atoms with Gasteiger partial charge in [0, 0.05) is 19.3 Å². The Morgan fingerprint density at radius 3 is 2.62 bits per heavy atom. The highest BCUT2D eigenvalue weighted by atomic mass is 16.2. The smallest absolute Gasteiger partial charge is 0.254 e. The number of aryl methyl sites for hydroxylation is 1. The SMILES string of the molecule is CCC1C(=O)NC2(CCCCC2)C(=O)N1c1ccn(C)n1. The quantitative estimate of drug-likeness (QED) is 0.894. The van der Waals surface area contributed by atoms with Crippen molar-refractivity contribution in [3.63, 3.8) is 0 Å². The van der Waals surface area contributed by atoms with Crippen LogP contribution in [0.2, 0.25) is 0 Å². The molecular formula is C15H22N4O2. The van der Waals surface area contributed by atoms with Crippen LogP contribution in [-0.2, 0) is 16.6 Å². The molecule has 0 bridgehead atoms. The van der Waals surface area contributed by atoms with E-state index in [1.165, 1.54) is 0 Å². The molecule has 1 atom stereocenters. The Morgan fingerprint density at radius 1 is 1.33 bits per heavy atom. The lowest BCUT2D eigenvalue weighted by Crippen LogP contribution is -2.71. The van der Waals surface area contributed by atoms with Crippen molar-refractivity contribution in [1.29, 1.82) is 0 Å². The Bertz CT molecular complexity index is 560. The predicted molar refractivity (Wildman–Crippen MR) is 78.7 cm³/mol. The van der Waals surface area contributed by atoms with E-state index in [4.69, 9.17) is 0 Å². The lowest BCUT2D eigenvalue weighted by molar-refractivity contribution is -0.139.